The molecule has 0 unspecified atom stereocenters. The Hall–Kier alpha value is -2.82. The monoisotopic (exact) mass is 284 g/mol. The van der Waals surface area contributed by atoms with E-state index < -0.39 is 6.09 Å². The van der Waals surface area contributed by atoms with Gasteiger partial charge < -0.3 is 5.11 Å². The van der Waals surface area contributed by atoms with E-state index >= 15 is 0 Å². The lowest BCUT2D eigenvalue weighted by Crippen LogP contribution is -2.11. The highest BCUT2D eigenvalue weighted by molar-refractivity contribution is 6.01. The zero-order chi connectivity index (χ0) is 15.2. The van der Waals surface area contributed by atoms with Crippen LogP contribution in [-0.4, -0.2) is 16.9 Å². The van der Waals surface area contributed by atoms with Gasteiger partial charge in [-0.1, -0.05) is 35.0 Å². The molecule has 2 rings (SSSR count). The number of oxime groups is 1. The molecule has 0 aromatic heterocycles. The molecule has 0 atom stereocenters. The number of hydrogen-bond donors (Lipinski definition) is 2. The molecule has 5 heteroatoms. The molecular formula is C16H16N2O3. The third-order valence-corrected chi connectivity index (χ3v) is 2.83. The van der Waals surface area contributed by atoms with Crippen LogP contribution in [0.4, 0.5) is 10.5 Å². The van der Waals surface area contributed by atoms with Crippen LogP contribution in [0.25, 0.3) is 0 Å². The topological polar surface area (TPSA) is 70.9 Å². The number of amides is 1. The van der Waals surface area contributed by atoms with Gasteiger partial charge in [0.25, 0.3) is 0 Å². The SMILES string of the molecule is CC(=NOC(=O)Nc1ccccc1)c1cc(C)ccc1O. The summed E-state index contributed by atoms with van der Waals surface area (Å²) in [5.74, 6) is 0.0916. The molecule has 5 nitrogen and oxygen atoms in total. The van der Waals surface area contributed by atoms with Crippen LogP contribution in [0.3, 0.4) is 0 Å². The Morgan fingerprint density at radius 3 is 2.62 bits per heavy atom. The van der Waals surface area contributed by atoms with E-state index in [4.69, 9.17) is 4.84 Å². The van der Waals surface area contributed by atoms with Gasteiger partial charge >= 0.3 is 6.09 Å². The number of carbonyl (C=O) groups is 1. The smallest absolute Gasteiger partial charge is 0.437 e. The molecule has 2 aromatic rings. The molecule has 1 amide bonds. The fourth-order valence-corrected chi connectivity index (χ4v) is 1.76. The molecular weight excluding hydrogens is 268 g/mol. The summed E-state index contributed by atoms with van der Waals surface area (Å²) in [6.07, 6.45) is -0.687. The summed E-state index contributed by atoms with van der Waals surface area (Å²) < 4.78 is 0. The molecule has 0 fully saturated rings. The fraction of sp³-hybridized carbons (Fsp3) is 0.125. The van der Waals surface area contributed by atoms with Crippen LogP contribution >= 0.6 is 0 Å². The first-order valence-corrected chi connectivity index (χ1v) is 6.44. The molecule has 2 aromatic carbocycles. The minimum atomic E-state index is -0.687. The highest BCUT2D eigenvalue weighted by Crippen LogP contribution is 2.19. The van der Waals surface area contributed by atoms with E-state index in [0.717, 1.165) is 5.56 Å². The predicted molar refractivity (Wildman–Crippen MR) is 81.6 cm³/mol. The van der Waals surface area contributed by atoms with Crippen LogP contribution in [0.2, 0.25) is 0 Å². The summed E-state index contributed by atoms with van der Waals surface area (Å²) in [6, 6.07) is 14.1. The number of aromatic hydroxyl groups is 1. The number of anilines is 1. The van der Waals surface area contributed by atoms with Crippen molar-refractivity contribution in [2.75, 3.05) is 5.32 Å². The first kappa shape index (κ1) is 14.6. The maximum Gasteiger partial charge on any atom is 0.437 e. The Morgan fingerprint density at radius 1 is 1.19 bits per heavy atom. The third kappa shape index (κ3) is 4.07. The first-order valence-electron chi connectivity index (χ1n) is 6.44. The van der Waals surface area contributed by atoms with Crippen LogP contribution in [0.1, 0.15) is 18.1 Å². The minimum absolute atomic E-state index is 0.0916. The maximum absolute atomic E-state index is 11.6. The largest absolute Gasteiger partial charge is 0.507 e. The highest BCUT2D eigenvalue weighted by atomic mass is 16.7. The van der Waals surface area contributed by atoms with Gasteiger partial charge in [0.15, 0.2) is 0 Å². The molecule has 2 N–H and O–H groups in total. The number of phenolic OH excluding ortho intramolecular Hbond substituents is 1. The van der Waals surface area contributed by atoms with Gasteiger partial charge in [-0.3, -0.25) is 10.2 Å². The number of benzene rings is 2. The number of nitrogens with one attached hydrogen (secondary N) is 1. The lowest BCUT2D eigenvalue weighted by Gasteiger charge is -2.06. The van der Waals surface area contributed by atoms with E-state index in [2.05, 4.69) is 10.5 Å². The van der Waals surface area contributed by atoms with E-state index in [0.29, 0.717) is 17.0 Å². The standard InChI is InChI=1S/C16H16N2O3/c1-11-8-9-15(19)14(10-11)12(2)18-21-16(20)17-13-6-4-3-5-7-13/h3-10,19H,1-2H3,(H,17,20). The van der Waals surface area contributed by atoms with E-state index in [1.807, 2.05) is 13.0 Å². The number of nitrogens with zero attached hydrogens (tertiary/aromatic N) is 1. The van der Waals surface area contributed by atoms with Crippen molar-refractivity contribution < 1.29 is 14.7 Å². The molecule has 0 spiro atoms. The summed E-state index contributed by atoms with van der Waals surface area (Å²) in [5.41, 5.74) is 2.54. The second-order valence-electron chi connectivity index (χ2n) is 4.57. The van der Waals surface area contributed by atoms with Gasteiger partial charge in [0.2, 0.25) is 0 Å². The van der Waals surface area contributed by atoms with Gasteiger partial charge in [-0.05, 0) is 38.1 Å². The van der Waals surface area contributed by atoms with E-state index in [1.165, 1.54) is 0 Å². The van der Waals surface area contributed by atoms with E-state index in [-0.39, 0.29) is 5.75 Å². The number of aryl methyl sites for hydroxylation is 1. The van der Waals surface area contributed by atoms with Gasteiger partial charge in [0.1, 0.15) is 5.75 Å². The van der Waals surface area contributed by atoms with Gasteiger partial charge in [-0.2, -0.15) is 0 Å². The molecule has 0 aliphatic rings. The van der Waals surface area contributed by atoms with Crippen molar-refractivity contribution in [3.63, 3.8) is 0 Å². The average Bonchev–Trinajstić information content (AvgIpc) is 2.48. The summed E-state index contributed by atoms with van der Waals surface area (Å²) in [7, 11) is 0. The van der Waals surface area contributed by atoms with Crippen LogP contribution in [0, 0.1) is 6.92 Å². The van der Waals surface area contributed by atoms with Crippen LogP contribution in [0.5, 0.6) is 5.75 Å². The maximum atomic E-state index is 11.6. The Kier molecular flexibility index (Phi) is 4.56. The van der Waals surface area contributed by atoms with Crippen molar-refractivity contribution >= 4 is 17.5 Å². The normalized spacial score (nSPS) is 11.0. The van der Waals surface area contributed by atoms with Gasteiger partial charge in [0, 0.05) is 11.3 Å². The van der Waals surface area contributed by atoms with Crippen molar-refractivity contribution in [1.29, 1.82) is 0 Å². The Balaban J connectivity index is 2.03. The number of hydrogen-bond acceptors (Lipinski definition) is 4. The summed E-state index contributed by atoms with van der Waals surface area (Å²) in [6.45, 7) is 3.56. The fourth-order valence-electron chi connectivity index (χ4n) is 1.76. The molecule has 21 heavy (non-hydrogen) atoms. The summed E-state index contributed by atoms with van der Waals surface area (Å²) >= 11 is 0. The molecule has 0 radical (unpaired) electrons. The Morgan fingerprint density at radius 2 is 1.90 bits per heavy atom. The first-order chi connectivity index (χ1) is 10.1. The van der Waals surface area contributed by atoms with Gasteiger partial charge in [0.05, 0.1) is 5.71 Å². The number of phenols is 1. The summed E-state index contributed by atoms with van der Waals surface area (Å²) in [5, 5.41) is 16.0. The third-order valence-electron chi connectivity index (χ3n) is 2.83. The zero-order valence-electron chi connectivity index (χ0n) is 11.8. The quantitative estimate of drug-likeness (QED) is 0.513. The zero-order valence-corrected chi connectivity index (χ0v) is 11.8. The summed E-state index contributed by atoms with van der Waals surface area (Å²) in [4.78, 5) is 16.4. The Labute approximate surface area is 122 Å². The second kappa shape index (κ2) is 6.56. The number of carbonyl (C=O) groups excluding carboxylic acids is 1. The lowest BCUT2D eigenvalue weighted by atomic mass is 10.1. The van der Waals surface area contributed by atoms with E-state index in [9.17, 15) is 9.90 Å². The Bertz CT molecular complexity index is 666. The van der Waals surface area contributed by atoms with Gasteiger partial charge in [-0.15, -0.1) is 0 Å². The number of para-hydroxylation sites is 1. The molecule has 0 saturated carbocycles. The van der Waals surface area contributed by atoms with Crippen LogP contribution in [0.15, 0.2) is 53.7 Å². The molecule has 0 aliphatic carbocycles. The number of rotatable bonds is 3. The molecule has 0 saturated heterocycles. The predicted octanol–water partition coefficient (Wildman–Crippen LogP) is 3.67. The van der Waals surface area contributed by atoms with Crippen molar-refractivity contribution in [3.05, 3.63) is 59.7 Å². The average molecular weight is 284 g/mol. The van der Waals surface area contributed by atoms with Crippen molar-refractivity contribution in [2.45, 2.75) is 13.8 Å². The van der Waals surface area contributed by atoms with Crippen molar-refractivity contribution in [3.8, 4) is 5.75 Å². The molecule has 108 valence electrons. The second-order valence-corrected chi connectivity index (χ2v) is 4.57. The van der Waals surface area contributed by atoms with Gasteiger partial charge in [-0.25, -0.2) is 4.79 Å². The van der Waals surface area contributed by atoms with Crippen molar-refractivity contribution in [1.82, 2.24) is 0 Å². The lowest BCUT2D eigenvalue weighted by molar-refractivity contribution is 0.166. The highest BCUT2D eigenvalue weighted by Gasteiger charge is 2.07. The van der Waals surface area contributed by atoms with Crippen LogP contribution < -0.4 is 5.32 Å². The molecule has 0 aliphatic heterocycles. The van der Waals surface area contributed by atoms with Crippen molar-refractivity contribution in [2.24, 2.45) is 5.16 Å². The molecule has 0 bridgehead atoms. The van der Waals surface area contributed by atoms with Crippen LogP contribution in [-0.2, 0) is 4.84 Å². The van der Waals surface area contributed by atoms with E-state index in [1.54, 1.807) is 49.4 Å². The minimum Gasteiger partial charge on any atom is -0.507 e. The molecule has 0 heterocycles.